The Bertz CT molecular complexity index is 986. The number of halogens is 1. The summed E-state index contributed by atoms with van der Waals surface area (Å²) >= 11 is 6.13. The van der Waals surface area contributed by atoms with Gasteiger partial charge in [0.2, 0.25) is 5.88 Å². The van der Waals surface area contributed by atoms with Crippen molar-refractivity contribution in [1.29, 1.82) is 0 Å². The van der Waals surface area contributed by atoms with Crippen molar-refractivity contribution in [3.63, 3.8) is 0 Å². The normalized spacial score (nSPS) is 11.0. The van der Waals surface area contributed by atoms with Crippen molar-refractivity contribution in [2.75, 3.05) is 5.32 Å². The highest BCUT2D eigenvalue weighted by molar-refractivity contribution is 6.33. The molecule has 0 aliphatic rings. The van der Waals surface area contributed by atoms with Gasteiger partial charge in [0, 0.05) is 0 Å². The van der Waals surface area contributed by atoms with E-state index in [-0.39, 0.29) is 17.7 Å². The lowest BCUT2D eigenvalue weighted by Gasteiger charge is -2.14. The molecule has 0 atom stereocenters. The Hall–Kier alpha value is -2.66. The van der Waals surface area contributed by atoms with Crippen LogP contribution in [0.1, 0.15) is 35.5 Å². The highest BCUT2D eigenvalue weighted by Gasteiger charge is 2.20. The Morgan fingerprint density at radius 1 is 1.08 bits per heavy atom. The molecule has 0 saturated carbocycles. The van der Waals surface area contributed by atoms with Crippen molar-refractivity contribution in [1.82, 2.24) is 9.97 Å². The van der Waals surface area contributed by atoms with Gasteiger partial charge in [0.15, 0.2) is 5.69 Å². The number of aromatic nitrogens is 2. The van der Waals surface area contributed by atoms with E-state index in [1.54, 1.807) is 24.3 Å². The molecule has 0 aliphatic heterocycles. The number of rotatable bonds is 4. The van der Waals surface area contributed by atoms with Gasteiger partial charge < -0.3 is 10.1 Å². The van der Waals surface area contributed by atoms with Gasteiger partial charge in [0.05, 0.1) is 27.8 Å². The summed E-state index contributed by atoms with van der Waals surface area (Å²) in [7, 11) is 0. The number of carbonyl (C=O) groups is 1. The third-order valence-corrected chi connectivity index (χ3v) is 4.26. The zero-order chi connectivity index (χ0) is 18.8. The number of nitrogens with one attached hydrogen (secondary N) is 1. The van der Waals surface area contributed by atoms with Gasteiger partial charge in [0.25, 0.3) is 5.91 Å². The van der Waals surface area contributed by atoms with Crippen LogP contribution >= 0.6 is 11.6 Å². The van der Waals surface area contributed by atoms with Gasteiger partial charge in [-0.05, 0) is 63.1 Å². The first-order chi connectivity index (χ1) is 12.3. The Morgan fingerprint density at radius 3 is 2.31 bits per heavy atom. The maximum Gasteiger partial charge on any atom is 0.279 e. The van der Waals surface area contributed by atoms with Crippen LogP contribution in [0.25, 0.3) is 11.0 Å². The molecule has 1 heterocycles. The van der Waals surface area contributed by atoms with E-state index in [9.17, 15) is 4.79 Å². The zero-order valence-corrected chi connectivity index (χ0v) is 15.9. The number of benzene rings is 2. The number of fused-ring (bicyclic) bond motifs is 1. The van der Waals surface area contributed by atoms with Crippen molar-refractivity contribution in [3.05, 3.63) is 58.2 Å². The smallest absolute Gasteiger partial charge is 0.279 e. The molecule has 1 aromatic heterocycles. The minimum absolute atomic E-state index is 0.134. The van der Waals surface area contributed by atoms with E-state index in [2.05, 4.69) is 15.3 Å². The van der Waals surface area contributed by atoms with Crippen LogP contribution in [0.15, 0.2) is 36.4 Å². The monoisotopic (exact) mass is 369 g/mol. The van der Waals surface area contributed by atoms with Crippen molar-refractivity contribution >= 4 is 34.2 Å². The molecule has 134 valence electrons. The van der Waals surface area contributed by atoms with Crippen LogP contribution in [-0.2, 0) is 0 Å². The highest BCUT2D eigenvalue weighted by atomic mass is 35.5. The molecule has 0 saturated heterocycles. The molecule has 5 nitrogen and oxygen atoms in total. The maximum absolute atomic E-state index is 12.8. The molecule has 0 unspecified atom stereocenters. The molecular formula is C20H20ClN3O2. The van der Waals surface area contributed by atoms with Crippen LogP contribution in [0.2, 0.25) is 5.02 Å². The predicted octanol–water partition coefficient (Wildman–Crippen LogP) is 4.94. The van der Waals surface area contributed by atoms with Gasteiger partial charge >= 0.3 is 0 Å². The summed E-state index contributed by atoms with van der Waals surface area (Å²) in [6.07, 6.45) is -0.139. The van der Waals surface area contributed by atoms with Gasteiger partial charge in [-0.1, -0.05) is 23.7 Å². The average molecular weight is 370 g/mol. The van der Waals surface area contributed by atoms with Crippen LogP contribution in [0.5, 0.6) is 5.88 Å². The van der Waals surface area contributed by atoms with E-state index in [0.29, 0.717) is 21.7 Å². The molecule has 2 aromatic carbocycles. The number of ether oxygens (including phenoxy) is 1. The van der Waals surface area contributed by atoms with E-state index >= 15 is 0 Å². The molecule has 3 rings (SSSR count). The largest absolute Gasteiger partial charge is 0.473 e. The number of amides is 1. The predicted molar refractivity (Wildman–Crippen MR) is 104 cm³/mol. The van der Waals surface area contributed by atoms with E-state index in [4.69, 9.17) is 16.3 Å². The van der Waals surface area contributed by atoms with Crippen molar-refractivity contribution in [2.45, 2.75) is 33.8 Å². The third kappa shape index (κ3) is 3.78. The molecule has 0 spiro atoms. The number of nitrogens with zero attached hydrogens (tertiary/aromatic N) is 2. The van der Waals surface area contributed by atoms with Gasteiger partial charge in [-0.2, -0.15) is 0 Å². The number of anilines is 1. The summed E-state index contributed by atoms with van der Waals surface area (Å²) in [6.45, 7) is 7.76. The molecule has 0 bridgehead atoms. The van der Waals surface area contributed by atoms with Crippen LogP contribution < -0.4 is 10.1 Å². The first-order valence-corrected chi connectivity index (χ1v) is 8.74. The van der Waals surface area contributed by atoms with Crippen LogP contribution in [0.4, 0.5) is 5.69 Å². The first-order valence-electron chi connectivity index (χ1n) is 8.36. The second-order valence-electron chi connectivity index (χ2n) is 6.40. The second kappa shape index (κ2) is 7.30. The second-order valence-corrected chi connectivity index (χ2v) is 6.81. The van der Waals surface area contributed by atoms with Gasteiger partial charge in [0.1, 0.15) is 0 Å². The molecule has 0 radical (unpaired) electrons. The van der Waals surface area contributed by atoms with Crippen LogP contribution in [-0.4, -0.2) is 22.0 Å². The van der Waals surface area contributed by atoms with Gasteiger partial charge in [-0.3, -0.25) is 4.79 Å². The van der Waals surface area contributed by atoms with E-state index in [1.165, 1.54) is 0 Å². The third-order valence-electron chi connectivity index (χ3n) is 3.93. The van der Waals surface area contributed by atoms with Gasteiger partial charge in [-0.25, -0.2) is 9.97 Å². The van der Waals surface area contributed by atoms with Crippen molar-refractivity contribution < 1.29 is 9.53 Å². The topological polar surface area (TPSA) is 64.1 Å². The van der Waals surface area contributed by atoms with Gasteiger partial charge in [-0.15, -0.1) is 0 Å². The summed E-state index contributed by atoms with van der Waals surface area (Å²) in [6, 6.07) is 10.9. The van der Waals surface area contributed by atoms with E-state index in [1.807, 2.05) is 39.8 Å². The first kappa shape index (κ1) is 18.1. The summed E-state index contributed by atoms with van der Waals surface area (Å²) in [5, 5.41) is 3.23. The number of carbonyl (C=O) groups excluding carboxylic acids is 1. The van der Waals surface area contributed by atoms with Crippen molar-refractivity contribution in [2.24, 2.45) is 0 Å². The molecule has 3 aromatic rings. The standard InChI is InChI=1S/C20H20ClN3O2/c1-11(2)26-20-18(19(25)23-15-8-6-5-7-14(15)21)22-16-9-12(3)13(4)10-17(16)24-20/h5-11H,1-4H3,(H,23,25). The van der Waals surface area contributed by atoms with E-state index in [0.717, 1.165) is 11.1 Å². The minimum Gasteiger partial charge on any atom is -0.473 e. The Balaban J connectivity index is 2.08. The fraction of sp³-hybridized carbons (Fsp3) is 0.250. The fourth-order valence-corrected chi connectivity index (χ4v) is 2.68. The highest BCUT2D eigenvalue weighted by Crippen LogP contribution is 2.25. The lowest BCUT2D eigenvalue weighted by atomic mass is 10.1. The number of hydrogen-bond acceptors (Lipinski definition) is 4. The minimum atomic E-state index is -0.415. The lowest BCUT2D eigenvalue weighted by molar-refractivity contribution is 0.101. The number of hydrogen-bond donors (Lipinski definition) is 1. The number of para-hydroxylation sites is 1. The quantitative estimate of drug-likeness (QED) is 0.707. The molecule has 0 fully saturated rings. The molecule has 26 heavy (non-hydrogen) atoms. The van der Waals surface area contributed by atoms with E-state index < -0.39 is 5.91 Å². The summed E-state index contributed by atoms with van der Waals surface area (Å²) in [5.41, 5.74) is 4.18. The summed E-state index contributed by atoms with van der Waals surface area (Å²) in [4.78, 5) is 21.8. The van der Waals surface area contributed by atoms with Crippen LogP contribution in [0.3, 0.4) is 0 Å². The fourth-order valence-electron chi connectivity index (χ4n) is 2.49. The average Bonchev–Trinajstić information content (AvgIpc) is 2.57. The molecule has 6 heteroatoms. The molecule has 1 amide bonds. The summed E-state index contributed by atoms with van der Waals surface area (Å²) < 4.78 is 5.75. The zero-order valence-electron chi connectivity index (χ0n) is 15.1. The lowest BCUT2D eigenvalue weighted by Crippen LogP contribution is -2.19. The SMILES string of the molecule is Cc1cc2nc(OC(C)C)c(C(=O)Nc3ccccc3Cl)nc2cc1C. The van der Waals surface area contributed by atoms with Crippen LogP contribution in [0, 0.1) is 13.8 Å². The molecule has 1 N–H and O–H groups in total. The number of aryl methyl sites for hydroxylation is 2. The maximum atomic E-state index is 12.8. The summed E-state index contributed by atoms with van der Waals surface area (Å²) in [5.74, 6) is -0.207. The Kier molecular flexibility index (Phi) is 5.09. The molecule has 0 aliphatic carbocycles. The Morgan fingerprint density at radius 2 is 1.69 bits per heavy atom. The van der Waals surface area contributed by atoms with Crippen molar-refractivity contribution in [3.8, 4) is 5.88 Å². The molecular weight excluding hydrogens is 350 g/mol. The Labute approximate surface area is 157 Å².